The molecule has 0 unspecified atom stereocenters. The van der Waals surface area contributed by atoms with E-state index in [1.54, 1.807) is 0 Å². The number of nitrogens with zero attached hydrogens (tertiary/aromatic N) is 1. The molecule has 1 saturated carbocycles. The minimum absolute atomic E-state index is 0.148. The normalized spacial score (nSPS) is 21.3. The largest absolute Gasteiger partial charge is 0.446 e. The second-order valence-corrected chi connectivity index (χ2v) is 7.27. The number of imide groups is 1. The van der Waals surface area contributed by atoms with E-state index >= 15 is 0 Å². The van der Waals surface area contributed by atoms with Gasteiger partial charge >= 0.3 is 0 Å². The maximum Gasteiger partial charge on any atom is 0.295 e. The third kappa shape index (κ3) is 4.71. The molecule has 0 aromatic carbocycles. The molecule has 0 bridgehead atoms. The van der Waals surface area contributed by atoms with E-state index in [4.69, 9.17) is 4.42 Å². The van der Waals surface area contributed by atoms with E-state index in [1.807, 2.05) is 0 Å². The fraction of sp³-hybridized carbons (Fsp3) is 0.722. The Hall–Kier alpha value is -1.59. The van der Waals surface area contributed by atoms with Gasteiger partial charge in [0, 0.05) is 0 Å². The molecule has 1 N–H and O–H groups in total. The molecule has 1 aromatic rings. The highest BCUT2D eigenvalue weighted by atomic mass is 16.4. The molecule has 2 heterocycles. The van der Waals surface area contributed by atoms with Crippen molar-refractivity contribution in [3.8, 4) is 0 Å². The lowest BCUT2D eigenvalue weighted by atomic mass is 9.60. The molecular formula is C18H27BN2O3. The van der Waals surface area contributed by atoms with Crippen LogP contribution in [0, 0.1) is 0 Å². The Morgan fingerprint density at radius 2 is 1.50 bits per heavy atom. The number of rotatable bonds is 2. The summed E-state index contributed by atoms with van der Waals surface area (Å²) in [6.07, 6.45) is 14.6. The van der Waals surface area contributed by atoms with Gasteiger partial charge in [-0.2, -0.15) is 0 Å². The van der Waals surface area contributed by atoms with Crippen molar-refractivity contribution in [2.24, 2.45) is 0 Å². The number of fused-ring (bicyclic) bond motifs is 1. The van der Waals surface area contributed by atoms with Crippen LogP contribution in [-0.2, 0) is 11.2 Å². The van der Waals surface area contributed by atoms with E-state index in [2.05, 4.69) is 10.3 Å². The molecule has 6 heteroatoms. The molecule has 0 radical (unpaired) electrons. The monoisotopic (exact) mass is 330 g/mol. The maximum atomic E-state index is 11.8. The van der Waals surface area contributed by atoms with E-state index in [9.17, 15) is 9.59 Å². The van der Waals surface area contributed by atoms with E-state index in [0.717, 1.165) is 7.28 Å². The Morgan fingerprint density at radius 1 is 0.917 bits per heavy atom. The summed E-state index contributed by atoms with van der Waals surface area (Å²) in [6, 6.07) is 0. The highest BCUT2D eigenvalue weighted by Gasteiger charge is 2.29. The molecule has 2 aliphatic rings. The van der Waals surface area contributed by atoms with Gasteiger partial charge in [-0.3, -0.25) is 14.9 Å². The Kier molecular flexibility index (Phi) is 6.10. The Balaban J connectivity index is 1.61. The smallest absolute Gasteiger partial charge is 0.295 e. The Bertz CT molecular complexity index is 573. The first-order chi connectivity index (χ1) is 11.7. The first-order valence-electron chi connectivity index (χ1n) is 9.55. The molecule has 1 aliphatic carbocycles. The van der Waals surface area contributed by atoms with Crippen LogP contribution in [0.1, 0.15) is 86.9 Å². The number of nitrogens with one attached hydrogen (secondary N) is 1. The van der Waals surface area contributed by atoms with Gasteiger partial charge in [0.25, 0.3) is 5.91 Å². The summed E-state index contributed by atoms with van der Waals surface area (Å²) in [7, 11) is 0.786. The summed E-state index contributed by atoms with van der Waals surface area (Å²) in [5.74, 6) is 0.694. The van der Waals surface area contributed by atoms with Gasteiger partial charge < -0.3 is 4.42 Å². The number of carbonyl (C=O) groups is 2. The SMILES string of the molecule is O=C1Cc2nc(BC3CCCCCCCCCCC3)oc2C(=O)N1. The van der Waals surface area contributed by atoms with Crippen LogP contribution in [0.25, 0.3) is 0 Å². The Labute approximate surface area is 144 Å². The first-order valence-corrected chi connectivity index (χ1v) is 9.55. The van der Waals surface area contributed by atoms with Crippen molar-refractivity contribution >= 4 is 24.9 Å². The van der Waals surface area contributed by atoms with Gasteiger partial charge in [0.2, 0.25) is 18.9 Å². The van der Waals surface area contributed by atoms with Crippen LogP contribution >= 0.6 is 0 Å². The molecular weight excluding hydrogens is 303 g/mol. The zero-order chi connectivity index (χ0) is 16.8. The summed E-state index contributed by atoms with van der Waals surface area (Å²) in [4.78, 5) is 27.7. The standard InChI is InChI=1S/C18H27BN2O3/c22-15-12-14-16(17(23)21-15)24-18(20-14)19-13-10-8-6-4-2-1-3-5-7-9-11-13/h13,19H,1-12H2,(H,21,22,23). The van der Waals surface area contributed by atoms with Crippen LogP contribution in [0.5, 0.6) is 0 Å². The molecule has 1 aliphatic heterocycles. The lowest BCUT2D eigenvalue weighted by molar-refractivity contribution is -0.119. The second kappa shape index (κ2) is 8.49. The number of amides is 2. The number of hydrogen-bond acceptors (Lipinski definition) is 4. The highest BCUT2D eigenvalue weighted by Crippen LogP contribution is 2.24. The molecule has 0 spiro atoms. The summed E-state index contributed by atoms with van der Waals surface area (Å²) in [5, 5.41) is 2.29. The lowest BCUT2D eigenvalue weighted by Gasteiger charge is -2.15. The van der Waals surface area contributed by atoms with Crippen molar-refractivity contribution in [2.75, 3.05) is 0 Å². The fourth-order valence-corrected chi connectivity index (χ4v) is 3.86. The van der Waals surface area contributed by atoms with Crippen LogP contribution in [0.3, 0.4) is 0 Å². The van der Waals surface area contributed by atoms with Gasteiger partial charge in [-0.1, -0.05) is 76.4 Å². The summed E-state index contributed by atoms with van der Waals surface area (Å²) in [5.41, 5.74) is 0.506. The van der Waals surface area contributed by atoms with Crippen molar-refractivity contribution < 1.29 is 14.0 Å². The molecule has 5 nitrogen and oxygen atoms in total. The van der Waals surface area contributed by atoms with Gasteiger partial charge in [-0.15, -0.1) is 0 Å². The van der Waals surface area contributed by atoms with E-state index in [1.165, 1.54) is 70.6 Å². The second-order valence-electron chi connectivity index (χ2n) is 7.27. The summed E-state index contributed by atoms with van der Waals surface area (Å²) < 4.78 is 5.67. The molecule has 0 atom stereocenters. The summed E-state index contributed by atoms with van der Waals surface area (Å²) >= 11 is 0. The van der Waals surface area contributed by atoms with E-state index in [-0.39, 0.29) is 18.1 Å². The molecule has 3 rings (SSSR count). The van der Waals surface area contributed by atoms with Crippen molar-refractivity contribution in [3.63, 3.8) is 0 Å². The Morgan fingerprint density at radius 3 is 2.12 bits per heavy atom. The average Bonchev–Trinajstić information content (AvgIpc) is 2.93. The van der Waals surface area contributed by atoms with Crippen LogP contribution in [-0.4, -0.2) is 24.1 Å². The van der Waals surface area contributed by atoms with Crippen LogP contribution in [0.4, 0.5) is 0 Å². The zero-order valence-electron chi connectivity index (χ0n) is 14.4. The van der Waals surface area contributed by atoms with Gasteiger partial charge in [-0.25, -0.2) is 4.98 Å². The van der Waals surface area contributed by atoms with Crippen molar-refractivity contribution in [1.29, 1.82) is 0 Å². The predicted octanol–water partition coefficient (Wildman–Crippen LogP) is 2.64. The van der Waals surface area contributed by atoms with Crippen LogP contribution in [0.2, 0.25) is 5.82 Å². The first kappa shape index (κ1) is 17.2. The van der Waals surface area contributed by atoms with Gasteiger partial charge in [0.1, 0.15) is 11.5 Å². The highest BCUT2D eigenvalue weighted by molar-refractivity contribution is 6.52. The topological polar surface area (TPSA) is 72.2 Å². The van der Waals surface area contributed by atoms with E-state index in [0.29, 0.717) is 17.3 Å². The molecule has 1 aromatic heterocycles. The predicted molar refractivity (Wildman–Crippen MR) is 94.0 cm³/mol. The molecule has 0 saturated heterocycles. The number of hydrogen-bond donors (Lipinski definition) is 1. The van der Waals surface area contributed by atoms with Gasteiger partial charge in [0.05, 0.1) is 6.42 Å². The van der Waals surface area contributed by atoms with Gasteiger partial charge in [-0.05, 0) is 0 Å². The van der Waals surface area contributed by atoms with E-state index < -0.39 is 5.91 Å². The van der Waals surface area contributed by atoms with Crippen molar-refractivity contribution in [2.45, 2.75) is 82.9 Å². The minimum Gasteiger partial charge on any atom is -0.446 e. The molecule has 1 fully saturated rings. The number of aromatic nitrogens is 1. The van der Waals surface area contributed by atoms with Crippen molar-refractivity contribution in [1.82, 2.24) is 10.3 Å². The zero-order valence-corrected chi connectivity index (χ0v) is 14.4. The molecule has 130 valence electrons. The number of carbonyl (C=O) groups excluding carboxylic acids is 2. The third-order valence-electron chi connectivity index (χ3n) is 5.22. The summed E-state index contributed by atoms with van der Waals surface area (Å²) in [6.45, 7) is 0. The third-order valence-corrected chi connectivity index (χ3v) is 5.22. The fourth-order valence-electron chi connectivity index (χ4n) is 3.86. The van der Waals surface area contributed by atoms with Crippen molar-refractivity contribution in [3.05, 3.63) is 11.5 Å². The minimum atomic E-state index is -0.446. The maximum absolute atomic E-state index is 11.8. The quantitative estimate of drug-likeness (QED) is 0.668. The van der Waals surface area contributed by atoms with Gasteiger partial charge in [0.15, 0.2) is 0 Å². The molecule has 24 heavy (non-hydrogen) atoms. The number of oxazole rings is 1. The van der Waals surface area contributed by atoms with Crippen LogP contribution in [0.15, 0.2) is 4.42 Å². The van der Waals surface area contributed by atoms with Crippen LogP contribution < -0.4 is 11.1 Å². The average molecular weight is 330 g/mol. The lowest BCUT2D eigenvalue weighted by Crippen LogP contribution is -2.36. The molecule has 2 amide bonds.